The molecule has 3 amide bonds. The van der Waals surface area contributed by atoms with Crippen molar-refractivity contribution in [2.45, 2.75) is 42.7 Å². The number of urea groups is 1. The summed E-state index contributed by atoms with van der Waals surface area (Å²) < 4.78 is 0. The average Bonchev–Trinajstić information content (AvgIpc) is 3.08. The zero-order valence-corrected chi connectivity index (χ0v) is 18.2. The molecule has 4 rings (SSSR count). The second-order valence-electron chi connectivity index (χ2n) is 8.26. The lowest BCUT2D eigenvalue weighted by atomic mass is 9.74. The maximum absolute atomic E-state index is 12.9. The van der Waals surface area contributed by atoms with Crippen LogP contribution in [0.2, 0.25) is 0 Å². The number of thioether (sulfide) groups is 1. The van der Waals surface area contributed by atoms with Gasteiger partial charge in [0.1, 0.15) is 5.54 Å². The summed E-state index contributed by atoms with van der Waals surface area (Å²) in [4.78, 5) is 28.6. The molecule has 158 valence electrons. The van der Waals surface area contributed by atoms with E-state index in [1.807, 2.05) is 18.2 Å². The third-order valence-electron chi connectivity index (χ3n) is 6.47. The molecule has 2 heterocycles. The zero-order chi connectivity index (χ0) is 21.0. The minimum Gasteiger partial charge on any atom is -0.323 e. The number of benzene rings is 2. The number of nitrogens with zero attached hydrogens (tertiary/aromatic N) is 1. The monoisotopic (exact) mass is 423 g/mol. The van der Waals surface area contributed by atoms with E-state index >= 15 is 0 Å². The van der Waals surface area contributed by atoms with E-state index in [0.29, 0.717) is 6.42 Å². The van der Waals surface area contributed by atoms with Crippen LogP contribution in [0, 0.1) is 5.92 Å². The summed E-state index contributed by atoms with van der Waals surface area (Å²) in [5.74, 6) is -0.00249. The molecule has 0 aromatic heterocycles. The number of rotatable bonds is 7. The van der Waals surface area contributed by atoms with Gasteiger partial charge in [-0.15, -0.1) is 11.8 Å². The summed E-state index contributed by atoms with van der Waals surface area (Å²) in [6, 6.07) is 18.6. The van der Waals surface area contributed by atoms with Gasteiger partial charge in [0.25, 0.3) is 5.91 Å². The van der Waals surface area contributed by atoms with Gasteiger partial charge < -0.3 is 5.32 Å². The Hall–Kier alpha value is -2.31. The van der Waals surface area contributed by atoms with E-state index in [9.17, 15) is 9.59 Å². The first-order valence-corrected chi connectivity index (χ1v) is 11.8. The summed E-state index contributed by atoms with van der Waals surface area (Å²) >= 11 is 1.75. The minimum atomic E-state index is -0.793. The molecule has 0 unspecified atom stereocenters. The van der Waals surface area contributed by atoms with Gasteiger partial charge in [-0.05, 0) is 74.2 Å². The third kappa shape index (κ3) is 4.55. The van der Waals surface area contributed by atoms with Crippen molar-refractivity contribution >= 4 is 23.7 Å². The highest BCUT2D eigenvalue weighted by Crippen LogP contribution is 2.35. The Morgan fingerprint density at radius 1 is 1.00 bits per heavy atom. The molecule has 2 aliphatic heterocycles. The van der Waals surface area contributed by atoms with Gasteiger partial charge in [0, 0.05) is 11.4 Å². The highest BCUT2D eigenvalue weighted by molar-refractivity contribution is 7.98. The standard InChI is InChI=1S/C24H29N3O2S/c1-30-21-9-7-19(8-10-21)17-27-15-12-20(13-16-27)24(22(28)25-23(29)26-24)14-11-18-5-3-2-4-6-18/h2-10,20H,11-17H2,1H3,(H2,25,26,28,29)/t24-/m0/s1. The number of carbonyl (C=O) groups excluding carboxylic acids is 2. The predicted molar refractivity (Wildman–Crippen MR) is 120 cm³/mol. The van der Waals surface area contributed by atoms with Gasteiger partial charge >= 0.3 is 6.03 Å². The molecule has 0 saturated carbocycles. The van der Waals surface area contributed by atoms with Crippen molar-refractivity contribution in [3.05, 3.63) is 65.7 Å². The summed E-state index contributed by atoms with van der Waals surface area (Å²) in [6.07, 6.45) is 5.31. The molecular weight excluding hydrogens is 394 g/mol. The maximum atomic E-state index is 12.9. The molecule has 2 aliphatic rings. The molecule has 1 atom stereocenters. The Kier molecular flexibility index (Phi) is 6.44. The van der Waals surface area contributed by atoms with Crippen LogP contribution in [-0.2, 0) is 17.8 Å². The van der Waals surface area contributed by atoms with Crippen LogP contribution in [0.25, 0.3) is 0 Å². The summed E-state index contributed by atoms with van der Waals surface area (Å²) in [5.41, 5.74) is 1.72. The van der Waals surface area contributed by atoms with Gasteiger partial charge in [-0.3, -0.25) is 15.0 Å². The fourth-order valence-electron chi connectivity index (χ4n) is 4.73. The van der Waals surface area contributed by atoms with E-state index in [0.717, 1.165) is 38.9 Å². The number of carbonyl (C=O) groups is 2. The van der Waals surface area contributed by atoms with E-state index in [4.69, 9.17) is 0 Å². The van der Waals surface area contributed by atoms with E-state index in [1.165, 1.54) is 16.0 Å². The minimum absolute atomic E-state index is 0.155. The molecule has 0 aliphatic carbocycles. The normalized spacial score (nSPS) is 22.7. The molecule has 0 radical (unpaired) electrons. The van der Waals surface area contributed by atoms with Crippen LogP contribution in [0.15, 0.2) is 59.5 Å². The molecule has 2 saturated heterocycles. The molecule has 0 spiro atoms. The fourth-order valence-corrected chi connectivity index (χ4v) is 5.14. The highest BCUT2D eigenvalue weighted by atomic mass is 32.2. The fraction of sp³-hybridized carbons (Fsp3) is 0.417. The van der Waals surface area contributed by atoms with Crippen molar-refractivity contribution in [1.29, 1.82) is 0 Å². The maximum Gasteiger partial charge on any atom is 0.322 e. The van der Waals surface area contributed by atoms with E-state index in [2.05, 4.69) is 58.2 Å². The predicted octanol–water partition coefficient (Wildman–Crippen LogP) is 3.83. The Balaban J connectivity index is 1.40. The molecule has 6 heteroatoms. The number of imide groups is 1. The number of aryl methyl sites for hydroxylation is 1. The Morgan fingerprint density at radius 2 is 1.70 bits per heavy atom. The zero-order valence-electron chi connectivity index (χ0n) is 17.4. The van der Waals surface area contributed by atoms with Crippen molar-refractivity contribution < 1.29 is 9.59 Å². The topological polar surface area (TPSA) is 61.4 Å². The van der Waals surface area contributed by atoms with Gasteiger partial charge in [-0.1, -0.05) is 42.5 Å². The first-order valence-electron chi connectivity index (χ1n) is 10.6. The number of nitrogens with one attached hydrogen (secondary N) is 2. The lowest BCUT2D eigenvalue weighted by molar-refractivity contribution is -0.127. The molecule has 30 heavy (non-hydrogen) atoms. The van der Waals surface area contributed by atoms with Gasteiger partial charge in [-0.2, -0.15) is 0 Å². The largest absolute Gasteiger partial charge is 0.323 e. The van der Waals surface area contributed by atoms with Crippen molar-refractivity contribution in [3.8, 4) is 0 Å². The first kappa shape index (κ1) is 20.9. The second kappa shape index (κ2) is 9.23. The lowest BCUT2D eigenvalue weighted by Crippen LogP contribution is -2.56. The molecule has 2 fully saturated rings. The van der Waals surface area contributed by atoms with Crippen LogP contribution in [-0.4, -0.2) is 41.7 Å². The smallest absolute Gasteiger partial charge is 0.322 e. The molecule has 2 aromatic carbocycles. The summed E-state index contributed by atoms with van der Waals surface area (Å²) in [5, 5.41) is 5.51. The number of amides is 3. The van der Waals surface area contributed by atoms with Crippen molar-refractivity contribution in [2.24, 2.45) is 5.92 Å². The van der Waals surface area contributed by atoms with Crippen molar-refractivity contribution in [3.63, 3.8) is 0 Å². The molecular formula is C24H29N3O2S. The third-order valence-corrected chi connectivity index (χ3v) is 7.21. The Labute approximate surface area is 182 Å². The van der Waals surface area contributed by atoms with E-state index in [-0.39, 0.29) is 17.9 Å². The molecule has 0 bridgehead atoms. The van der Waals surface area contributed by atoms with Gasteiger partial charge in [-0.25, -0.2) is 4.79 Å². The van der Waals surface area contributed by atoms with Crippen LogP contribution in [0.5, 0.6) is 0 Å². The SMILES string of the molecule is CSc1ccc(CN2CCC([C@]3(CCc4ccccc4)NC(=O)NC3=O)CC2)cc1. The van der Waals surface area contributed by atoms with Crippen LogP contribution < -0.4 is 10.6 Å². The van der Waals surface area contributed by atoms with Crippen molar-refractivity contribution in [1.82, 2.24) is 15.5 Å². The summed E-state index contributed by atoms with van der Waals surface area (Å²) in [7, 11) is 0. The van der Waals surface area contributed by atoms with Gasteiger partial charge in [0.2, 0.25) is 0 Å². The Bertz CT molecular complexity index is 879. The number of piperidine rings is 1. The lowest BCUT2D eigenvalue weighted by Gasteiger charge is -2.40. The van der Waals surface area contributed by atoms with Gasteiger partial charge in [0.15, 0.2) is 0 Å². The number of hydrogen-bond acceptors (Lipinski definition) is 4. The van der Waals surface area contributed by atoms with Crippen molar-refractivity contribution in [2.75, 3.05) is 19.3 Å². The summed E-state index contributed by atoms with van der Waals surface area (Å²) in [6.45, 7) is 2.80. The number of likely N-dealkylation sites (tertiary alicyclic amines) is 1. The number of hydrogen-bond donors (Lipinski definition) is 2. The van der Waals surface area contributed by atoms with Crippen LogP contribution >= 0.6 is 11.8 Å². The molecule has 2 aromatic rings. The average molecular weight is 424 g/mol. The van der Waals surface area contributed by atoms with Gasteiger partial charge in [0.05, 0.1) is 0 Å². The molecule has 2 N–H and O–H groups in total. The quantitative estimate of drug-likeness (QED) is 0.525. The highest BCUT2D eigenvalue weighted by Gasteiger charge is 2.51. The van der Waals surface area contributed by atoms with E-state index < -0.39 is 5.54 Å². The van der Waals surface area contributed by atoms with Crippen LogP contribution in [0.1, 0.15) is 30.4 Å². The Morgan fingerprint density at radius 3 is 2.30 bits per heavy atom. The van der Waals surface area contributed by atoms with E-state index in [1.54, 1.807) is 11.8 Å². The van der Waals surface area contributed by atoms with Crippen LogP contribution in [0.4, 0.5) is 4.79 Å². The second-order valence-corrected chi connectivity index (χ2v) is 9.14. The van der Waals surface area contributed by atoms with Crippen LogP contribution in [0.3, 0.4) is 0 Å². The first-order chi connectivity index (χ1) is 14.6. The molecule has 5 nitrogen and oxygen atoms in total.